The van der Waals surface area contributed by atoms with Crippen LogP contribution in [0.3, 0.4) is 0 Å². The van der Waals surface area contributed by atoms with Gasteiger partial charge in [0.25, 0.3) is 0 Å². The van der Waals surface area contributed by atoms with Crippen LogP contribution >= 0.6 is 0 Å². The lowest BCUT2D eigenvalue weighted by molar-refractivity contribution is -0.127. The van der Waals surface area contributed by atoms with Gasteiger partial charge in [0.1, 0.15) is 0 Å². The molecule has 16 heavy (non-hydrogen) atoms. The van der Waals surface area contributed by atoms with Gasteiger partial charge in [0, 0.05) is 24.6 Å². The second kappa shape index (κ2) is 5.15. The molecule has 2 aliphatic carbocycles. The first-order chi connectivity index (χ1) is 7.69. The zero-order valence-corrected chi connectivity index (χ0v) is 9.95. The molecule has 0 aromatic carbocycles. The van der Waals surface area contributed by atoms with Crippen LogP contribution in [0.25, 0.3) is 0 Å². The molecule has 0 aliphatic heterocycles. The van der Waals surface area contributed by atoms with E-state index in [-0.39, 0.29) is 17.9 Å². The van der Waals surface area contributed by atoms with E-state index >= 15 is 0 Å². The van der Waals surface area contributed by atoms with Crippen LogP contribution in [0.5, 0.6) is 0 Å². The Balaban J connectivity index is 1.65. The van der Waals surface area contributed by atoms with Crippen molar-refractivity contribution in [3.63, 3.8) is 0 Å². The summed E-state index contributed by atoms with van der Waals surface area (Å²) in [6.45, 7) is 2.77. The number of carbonyl (C=O) groups is 1. The molecular formula is C12H22N2O2. The average Bonchev–Trinajstić information content (AvgIpc) is 2.61. The Kier molecular flexibility index (Phi) is 3.82. The van der Waals surface area contributed by atoms with Crippen LogP contribution in [0.15, 0.2) is 0 Å². The van der Waals surface area contributed by atoms with Gasteiger partial charge in [-0.3, -0.25) is 4.79 Å². The van der Waals surface area contributed by atoms with Crippen molar-refractivity contribution in [3.05, 3.63) is 0 Å². The molecule has 2 unspecified atom stereocenters. The predicted octanol–water partition coefficient (Wildman–Crippen LogP) is 0.797. The van der Waals surface area contributed by atoms with Gasteiger partial charge >= 0.3 is 0 Å². The number of ether oxygens (including phenoxy) is 1. The first-order valence-electron chi connectivity index (χ1n) is 6.36. The van der Waals surface area contributed by atoms with Crippen LogP contribution < -0.4 is 11.1 Å². The van der Waals surface area contributed by atoms with E-state index in [9.17, 15) is 4.79 Å². The quantitative estimate of drug-likeness (QED) is 0.745. The molecule has 2 atom stereocenters. The standard InChI is InChI=1S/C12H22N2O2/c1-2-16-11-6-10(7-11)14-12(15)8-3-4-9(13)5-8/h8-11H,2-7,13H2,1H3,(H,14,15). The van der Waals surface area contributed by atoms with Gasteiger partial charge in [-0.1, -0.05) is 0 Å². The van der Waals surface area contributed by atoms with Gasteiger partial charge in [-0.2, -0.15) is 0 Å². The molecule has 4 heteroatoms. The number of carbonyl (C=O) groups excluding carboxylic acids is 1. The van der Waals surface area contributed by atoms with Crippen molar-refractivity contribution in [1.82, 2.24) is 5.32 Å². The summed E-state index contributed by atoms with van der Waals surface area (Å²) in [6.07, 6.45) is 5.10. The van der Waals surface area contributed by atoms with Crippen LogP contribution in [0, 0.1) is 5.92 Å². The van der Waals surface area contributed by atoms with Crippen LogP contribution in [0.1, 0.15) is 39.0 Å². The maximum atomic E-state index is 11.9. The number of nitrogens with one attached hydrogen (secondary N) is 1. The summed E-state index contributed by atoms with van der Waals surface area (Å²) >= 11 is 0. The van der Waals surface area contributed by atoms with E-state index < -0.39 is 0 Å². The molecule has 0 saturated heterocycles. The molecule has 2 fully saturated rings. The van der Waals surface area contributed by atoms with Crippen molar-refractivity contribution in [3.8, 4) is 0 Å². The van der Waals surface area contributed by atoms with E-state index in [1.165, 1.54) is 0 Å². The van der Waals surface area contributed by atoms with E-state index in [1.54, 1.807) is 0 Å². The summed E-state index contributed by atoms with van der Waals surface area (Å²) in [6, 6.07) is 0.564. The topological polar surface area (TPSA) is 64.3 Å². The summed E-state index contributed by atoms with van der Waals surface area (Å²) in [5, 5.41) is 3.09. The molecule has 2 aliphatic rings. The van der Waals surface area contributed by atoms with Gasteiger partial charge in [0.15, 0.2) is 0 Å². The minimum Gasteiger partial charge on any atom is -0.378 e. The van der Waals surface area contributed by atoms with Gasteiger partial charge in [0.05, 0.1) is 6.10 Å². The Hall–Kier alpha value is -0.610. The third-order valence-electron chi connectivity index (χ3n) is 3.69. The van der Waals surface area contributed by atoms with Crippen molar-refractivity contribution >= 4 is 5.91 Å². The summed E-state index contributed by atoms with van der Waals surface area (Å²) in [7, 11) is 0. The zero-order chi connectivity index (χ0) is 11.5. The third-order valence-corrected chi connectivity index (χ3v) is 3.69. The van der Waals surface area contributed by atoms with Gasteiger partial charge in [-0.05, 0) is 39.0 Å². The van der Waals surface area contributed by atoms with Crippen molar-refractivity contribution in [2.24, 2.45) is 11.7 Å². The maximum Gasteiger partial charge on any atom is 0.223 e. The fourth-order valence-corrected chi connectivity index (χ4v) is 2.63. The van der Waals surface area contributed by atoms with Gasteiger partial charge in [-0.15, -0.1) is 0 Å². The molecule has 4 nitrogen and oxygen atoms in total. The molecule has 0 bridgehead atoms. The second-order valence-electron chi connectivity index (χ2n) is 5.02. The molecule has 1 amide bonds. The summed E-state index contributed by atoms with van der Waals surface area (Å²) < 4.78 is 5.46. The fraction of sp³-hybridized carbons (Fsp3) is 0.917. The number of nitrogens with two attached hydrogens (primary N) is 1. The van der Waals surface area contributed by atoms with Crippen molar-refractivity contribution < 1.29 is 9.53 Å². The molecule has 0 heterocycles. The van der Waals surface area contributed by atoms with E-state index in [1.807, 2.05) is 6.92 Å². The number of rotatable bonds is 4. The van der Waals surface area contributed by atoms with E-state index in [2.05, 4.69) is 5.32 Å². The molecule has 0 aromatic heterocycles. The number of hydrogen-bond acceptors (Lipinski definition) is 3. The van der Waals surface area contributed by atoms with E-state index in [4.69, 9.17) is 10.5 Å². The summed E-state index contributed by atoms with van der Waals surface area (Å²) in [5.74, 6) is 0.356. The Morgan fingerprint density at radius 2 is 2.12 bits per heavy atom. The lowest BCUT2D eigenvalue weighted by Gasteiger charge is -2.35. The van der Waals surface area contributed by atoms with Crippen molar-refractivity contribution in [2.75, 3.05) is 6.61 Å². The molecule has 2 saturated carbocycles. The highest BCUT2D eigenvalue weighted by Gasteiger charge is 2.34. The van der Waals surface area contributed by atoms with Crippen molar-refractivity contribution in [2.45, 2.75) is 57.2 Å². The Morgan fingerprint density at radius 3 is 2.69 bits per heavy atom. The van der Waals surface area contributed by atoms with E-state index in [0.717, 1.165) is 38.7 Å². The largest absolute Gasteiger partial charge is 0.378 e. The Bertz CT molecular complexity index is 251. The second-order valence-corrected chi connectivity index (χ2v) is 5.02. The molecular weight excluding hydrogens is 204 g/mol. The molecule has 0 aromatic rings. The van der Waals surface area contributed by atoms with Crippen LogP contribution in [0.4, 0.5) is 0 Å². The number of hydrogen-bond donors (Lipinski definition) is 2. The van der Waals surface area contributed by atoms with E-state index in [0.29, 0.717) is 12.1 Å². The minimum atomic E-state index is 0.154. The normalized spacial score (nSPS) is 38.1. The molecule has 0 spiro atoms. The smallest absolute Gasteiger partial charge is 0.223 e. The highest BCUT2D eigenvalue weighted by molar-refractivity contribution is 5.79. The van der Waals surface area contributed by atoms with Gasteiger partial charge in [-0.25, -0.2) is 0 Å². The minimum absolute atomic E-state index is 0.154. The molecule has 3 N–H and O–H groups in total. The van der Waals surface area contributed by atoms with Crippen LogP contribution in [-0.2, 0) is 9.53 Å². The first kappa shape index (κ1) is 11.9. The highest BCUT2D eigenvalue weighted by atomic mass is 16.5. The van der Waals surface area contributed by atoms with Gasteiger partial charge in [0.2, 0.25) is 5.91 Å². The third kappa shape index (κ3) is 2.74. The van der Waals surface area contributed by atoms with Crippen LogP contribution in [0.2, 0.25) is 0 Å². The fourth-order valence-electron chi connectivity index (χ4n) is 2.63. The Morgan fingerprint density at radius 1 is 1.38 bits per heavy atom. The zero-order valence-electron chi connectivity index (χ0n) is 9.95. The van der Waals surface area contributed by atoms with Gasteiger partial charge < -0.3 is 15.8 Å². The lowest BCUT2D eigenvalue weighted by Crippen LogP contribution is -2.49. The molecule has 92 valence electrons. The molecule has 2 rings (SSSR count). The predicted molar refractivity (Wildman–Crippen MR) is 61.9 cm³/mol. The number of amides is 1. The monoisotopic (exact) mass is 226 g/mol. The van der Waals surface area contributed by atoms with Crippen molar-refractivity contribution in [1.29, 1.82) is 0 Å². The summed E-state index contributed by atoms with van der Waals surface area (Å²) in [5.41, 5.74) is 5.80. The first-order valence-corrected chi connectivity index (χ1v) is 6.36. The average molecular weight is 226 g/mol. The summed E-state index contributed by atoms with van der Waals surface area (Å²) in [4.78, 5) is 11.9. The molecule has 0 radical (unpaired) electrons. The van der Waals surface area contributed by atoms with Crippen LogP contribution in [-0.4, -0.2) is 30.7 Å². The highest BCUT2D eigenvalue weighted by Crippen LogP contribution is 2.27. The Labute approximate surface area is 96.9 Å². The SMILES string of the molecule is CCOC1CC(NC(=O)C2CCC(N)C2)C1. The maximum absolute atomic E-state index is 11.9. The lowest BCUT2D eigenvalue weighted by atomic mass is 9.88.